The van der Waals surface area contributed by atoms with Crippen molar-refractivity contribution in [2.75, 3.05) is 13.1 Å². The third-order valence-electron chi connectivity index (χ3n) is 3.33. The van der Waals surface area contributed by atoms with Gasteiger partial charge in [0.05, 0.1) is 0 Å². The van der Waals surface area contributed by atoms with Gasteiger partial charge in [-0.25, -0.2) is 4.79 Å². The second-order valence-corrected chi connectivity index (χ2v) is 4.97. The van der Waals surface area contributed by atoms with E-state index in [1.165, 1.54) is 16.3 Å². The topological polar surface area (TPSA) is 41.1 Å². The van der Waals surface area contributed by atoms with Crippen LogP contribution in [0.5, 0.6) is 0 Å². The van der Waals surface area contributed by atoms with Gasteiger partial charge in [-0.05, 0) is 29.2 Å². The van der Waals surface area contributed by atoms with Crippen LogP contribution >= 0.6 is 0 Å². The number of hydrogen-bond donors (Lipinski definition) is 2. The van der Waals surface area contributed by atoms with Crippen LogP contribution in [0.3, 0.4) is 0 Å². The molecule has 0 fully saturated rings. The summed E-state index contributed by atoms with van der Waals surface area (Å²) in [5.41, 5.74) is 1.25. The zero-order valence-electron chi connectivity index (χ0n) is 12.0. The maximum atomic E-state index is 11.5. The summed E-state index contributed by atoms with van der Waals surface area (Å²) in [5, 5.41) is 8.24. The van der Waals surface area contributed by atoms with Gasteiger partial charge in [0.25, 0.3) is 0 Å². The van der Waals surface area contributed by atoms with Crippen molar-refractivity contribution in [2.45, 2.75) is 26.2 Å². The molecular weight excluding hydrogens is 248 g/mol. The molecule has 0 aromatic heterocycles. The normalized spacial score (nSPS) is 10.4. The first kappa shape index (κ1) is 14.4. The molecule has 0 aliphatic heterocycles. The number of carbonyl (C=O) groups excluding carboxylic acids is 1. The molecule has 0 aliphatic carbocycles. The summed E-state index contributed by atoms with van der Waals surface area (Å²) in [5.74, 6) is 0. The fraction of sp³-hybridized carbons (Fsp3) is 0.353. The standard InChI is InChI=1S/C17H22N2O/c1-2-3-11-18-17(20)19-12-10-14-8-9-15-6-4-5-7-16(15)13-14/h4-9,13H,2-3,10-12H2,1H3,(H2,18,19,20). The van der Waals surface area contributed by atoms with Crippen LogP contribution < -0.4 is 10.6 Å². The van der Waals surface area contributed by atoms with Crippen LogP contribution in [0.1, 0.15) is 25.3 Å². The molecule has 2 aromatic rings. The van der Waals surface area contributed by atoms with E-state index in [0.717, 1.165) is 25.8 Å². The minimum Gasteiger partial charge on any atom is -0.338 e. The van der Waals surface area contributed by atoms with Gasteiger partial charge in [-0.3, -0.25) is 0 Å². The van der Waals surface area contributed by atoms with Gasteiger partial charge < -0.3 is 10.6 Å². The summed E-state index contributed by atoms with van der Waals surface area (Å²) in [6.07, 6.45) is 2.97. The van der Waals surface area contributed by atoms with E-state index in [-0.39, 0.29) is 6.03 Å². The molecule has 3 nitrogen and oxygen atoms in total. The first-order chi connectivity index (χ1) is 9.79. The summed E-state index contributed by atoms with van der Waals surface area (Å²) in [6.45, 7) is 3.52. The van der Waals surface area contributed by atoms with E-state index in [1.54, 1.807) is 0 Å². The summed E-state index contributed by atoms with van der Waals surface area (Å²) in [4.78, 5) is 11.5. The Kier molecular flexibility index (Phi) is 5.42. The van der Waals surface area contributed by atoms with E-state index in [0.29, 0.717) is 6.54 Å². The lowest BCUT2D eigenvalue weighted by molar-refractivity contribution is 0.241. The predicted octanol–water partition coefficient (Wildman–Crippen LogP) is 3.48. The van der Waals surface area contributed by atoms with Gasteiger partial charge >= 0.3 is 6.03 Å². The monoisotopic (exact) mass is 270 g/mol. The van der Waals surface area contributed by atoms with Gasteiger partial charge in [0.2, 0.25) is 0 Å². The van der Waals surface area contributed by atoms with Gasteiger partial charge in [-0.2, -0.15) is 0 Å². The van der Waals surface area contributed by atoms with Crippen molar-refractivity contribution >= 4 is 16.8 Å². The highest BCUT2D eigenvalue weighted by Gasteiger charge is 2.00. The third-order valence-corrected chi connectivity index (χ3v) is 3.33. The summed E-state index contributed by atoms with van der Waals surface area (Å²) in [6, 6.07) is 14.7. The Balaban J connectivity index is 1.79. The number of carbonyl (C=O) groups is 1. The van der Waals surface area contributed by atoms with Crippen LogP contribution in [0.25, 0.3) is 10.8 Å². The highest BCUT2D eigenvalue weighted by Crippen LogP contribution is 2.15. The molecule has 2 aromatic carbocycles. The average molecular weight is 270 g/mol. The highest BCUT2D eigenvalue weighted by molar-refractivity contribution is 5.83. The molecule has 106 valence electrons. The number of rotatable bonds is 6. The minimum absolute atomic E-state index is 0.0701. The largest absolute Gasteiger partial charge is 0.338 e. The van der Waals surface area contributed by atoms with Crippen LogP contribution in [-0.2, 0) is 6.42 Å². The number of amides is 2. The van der Waals surface area contributed by atoms with Crippen molar-refractivity contribution in [3.63, 3.8) is 0 Å². The van der Waals surface area contributed by atoms with E-state index in [1.807, 2.05) is 12.1 Å². The van der Waals surface area contributed by atoms with Crippen molar-refractivity contribution < 1.29 is 4.79 Å². The molecule has 0 bridgehead atoms. The zero-order chi connectivity index (χ0) is 14.2. The lowest BCUT2D eigenvalue weighted by Crippen LogP contribution is -2.37. The van der Waals surface area contributed by atoms with Crippen LogP contribution in [0.4, 0.5) is 4.79 Å². The van der Waals surface area contributed by atoms with Gasteiger partial charge in [0, 0.05) is 13.1 Å². The molecule has 0 heterocycles. The second-order valence-electron chi connectivity index (χ2n) is 4.97. The van der Waals surface area contributed by atoms with Gasteiger partial charge in [0.15, 0.2) is 0 Å². The van der Waals surface area contributed by atoms with Crippen molar-refractivity contribution in [1.29, 1.82) is 0 Å². The molecule has 2 rings (SSSR count). The molecule has 20 heavy (non-hydrogen) atoms. The van der Waals surface area contributed by atoms with Crippen molar-refractivity contribution in [1.82, 2.24) is 10.6 Å². The summed E-state index contributed by atoms with van der Waals surface area (Å²) >= 11 is 0. The van der Waals surface area contributed by atoms with E-state index >= 15 is 0 Å². The lowest BCUT2D eigenvalue weighted by atomic mass is 10.1. The molecule has 0 saturated heterocycles. The zero-order valence-corrected chi connectivity index (χ0v) is 12.0. The molecule has 0 radical (unpaired) electrons. The van der Waals surface area contributed by atoms with E-state index in [9.17, 15) is 4.79 Å². The average Bonchev–Trinajstić information content (AvgIpc) is 2.47. The Morgan fingerprint density at radius 3 is 2.55 bits per heavy atom. The van der Waals surface area contributed by atoms with E-state index in [2.05, 4.69) is 47.9 Å². The molecule has 0 aliphatic rings. The smallest absolute Gasteiger partial charge is 0.314 e. The van der Waals surface area contributed by atoms with Crippen LogP contribution in [0.2, 0.25) is 0 Å². The Hall–Kier alpha value is -2.03. The van der Waals surface area contributed by atoms with E-state index in [4.69, 9.17) is 0 Å². The van der Waals surface area contributed by atoms with Crippen LogP contribution in [0, 0.1) is 0 Å². The van der Waals surface area contributed by atoms with Gasteiger partial charge in [-0.15, -0.1) is 0 Å². The number of unbranched alkanes of at least 4 members (excludes halogenated alkanes) is 1. The molecule has 3 heteroatoms. The Labute approximate surface area is 120 Å². The molecule has 0 unspecified atom stereocenters. The molecule has 0 spiro atoms. The molecular formula is C17H22N2O. The maximum absolute atomic E-state index is 11.5. The molecule has 0 saturated carbocycles. The predicted molar refractivity (Wildman–Crippen MR) is 84.0 cm³/mol. The SMILES string of the molecule is CCCCNC(=O)NCCc1ccc2ccccc2c1. The fourth-order valence-electron chi connectivity index (χ4n) is 2.16. The molecule has 2 N–H and O–H groups in total. The number of fused-ring (bicyclic) bond motifs is 1. The summed E-state index contributed by atoms with van der Waals surface area (Å²) in [7, 11) is 0. The maximum Gasteiger partial charge on any atom is 0.314 e. The summed E-state index contributed by atoms with van der Waals surface area (Å²) < 4.78 is 0. The Morgan fingerprint density at radius 2 is 1.75 bits per heavy atom. The fourth-order valence-corrected chi connectivity index (χ4v) is 2.16. The highest BCUT2D eigenvalue weighted by atomic mass is 16.2. The number of hydrogen-bond acceptors (Lipinski definition) is 1. The minimum atomic E-state index is -0.0701. The Bertz CT molecular complexity index is 566. The van der Waals surface area contributed by atoms with Gasteiger partial charge in [0.1, 0.15) is 0 Å². The third kappa shape index (κ3) is 4.26. The second kappa shape index (κ2) is 7.53. The first-order valence-electron chi connectivity index (χ1n) is 7.29. The van der Waals surface area contributed by atoms with Crippen LogP contribution in [-0.4, -0.2) is 19.1 Å². The lowest BCUT2D eigenvalue weighted by Gasteiger charge is -2.07. The van der Waals surface area contributed by atoms with E-state index < -0.39 is 0 Å². The van der Waals surface area contributed by atoms with Crippen LogP contribution in [0.15, 0.2) is 42.5 Å². The quantitative estimate of drug-likeness (QED) is 0.775. The number of urea groups is 1. The first-order valence-corrected chi connectivity index (χ1v) is 7.29. The van der Waals surface area contributed by atoms with Gasteiger partial charge in [-0.1, -0.05) is 55.8 Å². The van der Waals surface area contributed by atoms with Crippen molar-refractivity contribution in [3.05, 3.63) is 48.0 Å². The Morgan fingerprint density at radius 1 is 1.00 bits per heavy atom. The van der Waals surface area contributed by atoms with Crippen molar-refractivity contribution in [3.8, 4) is 0 Å². The number of benzene rings is 2. The van der Waals surface area contributed by atoms with Crippen molar-refractivity contribution in [2.24, 2.45) is 0 Å². The number of nitrogens with one attached hydrogen (secondary N) is 2. The molecule has 2 amide bonds. The molecule has 0 atom stereocenters.